The summed E-state index contributed by atoms with van der Waals surface area (Å²) in [6.07, 6.45) is 2.04. The van der Waals surface area contributed by atoms with Gasteiger partial charge in [-0.2, -0.15) is 0 Å². The summed E-state index contributed by atoms with van der Waals surface area (Å²) in [5.41, 5.74) is 8.19. The molecule has 1 unspecified atom stereocenters. The molecule has 0 amide bonds. The van der Waals surface area contributed by atoms with Crippen LogP contribution in [0, 0.1) is 6.92 Å². The number of hydrogen-bond donors (Lipinski definition) is 1. The number of aryl methyl sites for hydroxylation is 2. The van der Waals surface area contributed by atoms with E-state index in [4.69, 9.17) is 10.5 Å². The molecule has 1 aliphatic heterocycles. The van der Waals surface area contributed by atoms with E-state index in [1.54, 1.807) is 7.11 Å². The first-order chi connectivity index (χ1) is 6.72. The van der Waals surface area contributed by atoms with Crippen molar-refractivity contribution in [3.63, 3.8) is 0 Å². The molecule has 4 heteroatoms. The highest BCUT2D eigenvalue weighted by Crippen LogP contribution is 2.19. The fourth-order valence-electron chi connectivity index (χ4n) is 2.04. The molecule has 2 rings (SSSR count). The van der Waals surface area contributed by atoms with Gasteiger partial charge in [-0.25, -0.2) is 4.98 Å². The normalized spacial score (nSPS) is 20.9. The summed E-state index contributed by atoms with van der Waals surface area (Å²) < 4.78 is 7.38. The number of hydrogen-bond acceptors (Lipinski definition) is 3. The van der Waals surface area contributed by atoms with Gasteiger partial charge in [-0.15, -0.1) is 0 Å². The van der Waals surface area contributed by atoms with Gasteiger partial charge in [-0.3, -0.25) is 0 Å². The zero-order valence-corrected chi connectivity index (χ0v) is 8.79. The third kappa shape index (κ3) is 1.55. The van der Waals surface area contributed by atoms with Gasteiger partial charge in [-0.1, -0.05) is 0 Å². The summed E-state index contributed by atoms with van der Waals surface area (Å²) in [6, 6.07) is 0.270. The number of methoxy groups -OCH3 is 1. The molecule has 2 N–H and O–H groups in total. The van der Waals surface area contributed by atoms with Crippen molar-refractivity contribution in [2.45, 2.75) is 39.0 Å². The second kappa shape index (κ2) is 3.71. The number of aromatic nitrogens is 2. The molecule has 0 fully saturated rings. The first-order valence-corrected chi connectivity index (χ1v) is 5.01. The average Bonchev–Trinajstić information content (AvgIpc) is 2.45. The lowest BCUT2D eigenvalue weighted by atomic mass is 10.1. The van der Waals surface area contributed by atoms with Crippen LogP contribution in [0.25, 0.3) is 0 Å². The number of fused-ring (bicyclic) bond motifs is 1. The number of nitrogens with two attached hydrogens (primary N) is 1. The van der Waals surface area contributed by atoms with Crippen molar-refractivity contribution in [3.8, 4) is 0 Å². The summed E-state index contributed by atoms with van der Waals surface area (Å²) >= 11 is 0. The molecule has 0 aliphatic carbocycles. The highest BCUT2D eigenvalue weighted by Gasteiger charge is 2.20. The fraction of sp³-hybridized carbons (Fsp3) is 0.700. The van der Waals surface area contributed by atoms with Gasteiger partial charge in [0.25, 0.3) is 0 Å². The molecule has 0 aromatic carbocycles. The molecule has 14 heavy (non-hydrogen) atoms. The van der Waals surface area contributed by atoms with E-state index in [0.29, 0.717) is 6.61 Å². The van der Waals surface area contributed by atoms with Gasteiger partial charge < -0.3 is 15.0 Å². The first-order valence-electron chi connectivity index (χ1n) is 5.01. The Morgan fingerprint density at radius 2 is 2.43 bits per heavy atom. The van der Waals surface area contributed by atoms with Crippen molar-refractivity contribution in [3.05, 3.63) is 17.2 Å². The maximum Gasteiger partial charge on any atom is 0.109 e. The topological polar surface area (TPSA) is 53.1 Å². The molecule has 1 aromatic heterocycles. The van der Waals surface area contributed by atoms with E-state index in [9.17, 15) is 0 Å². The van der Waals surface area contributed by atoms with E-state index in [1.807, 2.05) is 6.92 Å². The van der Waals surface area contributed by atoms with Crippen LogP contribution in [-0.2, 0) is 24.3 Å². The Morgan fingerprint density at radius 3 is 3.14 bits per heavy atom. The highest BCUT2D eigenvalue weighted by atomic mass is 16.5. The number of ether oxygens (including phenoxy) is 1. The van der Waals surface area contributed by atoms with Gasteiger partial charge in [0.15, 0.2) is 0 Å². The van der Waals surface area contributed by atoms with Crippen LogP contribution in [0.1, 0.15) is 23.6 Å². The summed E-state index contributed by atoms with van der Waals surface area (Å²) in [6.45, 7) is 3.55. The molecule has 2 heterocycles. The molecule has 78 valence electrons. The highest BCUT2D eigenvalue weighted by molar-refractivity contribution is 5.17. The molecule has 0 bridgehead atoms. The van der Waals surface area contributed by atoms with Crippen LogP contribution in [-0.4, -0.2) is 22.7 Å². The Hall–Kier alpha value is -0.870. The van der Waals surface area contributed by atoms with Crippen LogP contribution in [0.3, 0.4) is 0 Å². The van der Waals surface area contributed by atoms with Crippen molar-refractivity contribution >= 4 is 0 Å². The van der Waals surface area contributed by atoms with E-state index in [1.165, 1.54) is 5.69 Å². The molecule has 4 nitrogen and oxygen atoms in total. The van der Waals surface area contributed by atoms with Crippen LogP contribution in [0.2, 0.25) is 0 Å². The van der Waals surface area contributed by atoms with E-state index in [2.05, 4.69) is 9.55 Å². The standard InChI is InChI=1S/C10H17N3O/c1-7-9(6-14-2)13-5-8(11)3-4-10(13)12-7/h8H,3-6,11H2,1-2H3. The molecular formula is C10H17N3O. The summed E-state index contributed by atoms with van der Waals surface area (Å²) in [5.74, 6) is 1.16. The van der Waals surface area contributed by atoms with Crippen LogP contribution in [0.15, 0.2) is 0 Å². The van der Waals surface area contributed by atoms with Crippen LogP contribution >= 0.6 is 0 Å². The minimum absolute atomic E-state index is 0.270. The smallest absolute Gasteiger partial charge is 0.109 e. The lowest BCUT2D eigenvalue weighted by Gasteiger charge is -2.21. The summed E-state index contributed by atoms with van der Waals surface area (Å²) in [4.78, 5) is 4.53. The minimum atomic E-state index is 0.270. The predicted octanol–water partition coefficient (Wildman–Crippen LogP) is 0.611. The van der Waals surface area contributed by atoms with E-state index in [0.717, 1.165) is 30.9 Å². The average molecular weight is 195 g/mol. The SMILES string of the molecule is COCc1c(C)nc2n1CC(N)CC2. The fourth-order valence-corrected chi connectivity index (χ4v) is 2.04. The van der Waals surface area contributed by atoms with Crippen LogP contribution in [0.5, 0.6) is 0 Å². The molecule has 1 atom stereocenters. The van der Waals surface area contributed by atoms with Gasteiger partial charge in [0.2, 0.25) is 0 Å². The van der Waals surface area contributed by atoms with E-state index >= 15 is 0 Å². The largest absolute Gasteiger partial charge is 0.378 e. The molecule has 0 saturated heterocycles. The summed E-state index contributed by atoms with van der Waals surface area (Å²) in [7, 11) is 1.71. The molecule has 0 saturated carbocycles. The Morgan fingerprint density at radius 1 is 1.64 bits per heavy atom. The van der Waals surface area contributed by atoms with Crippen molar-refractivity contribution < 1.29 is 4.74 Å². The van der Waals surface area contributed by atoms with Crippen molar-refractivity contribution in [1.29, 1.82) is 0 Å². The van der Waals surface area contributed by atoms with Crippen LogP contribution in [0.4, 0.5) is 0 Å². The second-order valence-electron chi connectivity index (χ2n) is 3.90. The maximum absolute atomic E-state index is 5.93. The van der Waals surface area contributed by atoms with Gasteiger partial charge in [-0.05, 0) is 13.3 Å². The van der Waals surface area contributed by atoms with E-state index < -0.39 is 0 Å². The Kier molecular flexibility index (Phi) is 2.56. The van der Waals surface area contributed by atoms with Gasteiger partial charge in [0.1, 0.15) is 5.82 Å². The third-order valence-electron chi connectivity index (χ3n) is 2.79. The molecule has 1 aliphatic rings. The zero-order chi connectivity index (χ0) is 10.1. The van der Waals surface area contributed by atoms with Gasteiger partial charge in [0.05, 0.1) is 18.0 Å². The van der Waals surface area contributed by atoms with Gasteiger partial charge >= 0.3 is 0 Å². The lowest BCUT2D eigenvalue weighted by Crippen LogP contribution is -2.32. The Labute approximate surface area is 84.1 Å². The molecule has 0 spiro atoms. The zero-order valence-electron chi connectivity index (χ0n) is 8.79. The lowest BCUT2D eigenvalue weighted by molar-refractivity contribution is 0.175. The molecule has 1 aromatic rings. The molecule has 0 radical (unpaired) electrons. The predicted molar refractivity (Wildman–Crippen MR) is 54.0 cm³/mol. The number of nitrogens with zero attached hydrogens (tertiary/aromatic N) is 2. The first kappa shape index (κ1) is 9.68. The van der Waals surface area contributed by atoms with E-state index in [-0.39, 0.29) is 6.04 Å². The second-order valence-corrected chi connectivity index (χ2v) is 3.90. The van der Waals surface area contributed by atoms with Crippen molar-refractivity contribution in [1.82, 2.24) is 9.55 Å². The van der Waals surface area contributed by atoms with Crippen molar-refractivity contribution in [2.75, 3.05) is 7.11 Å². The quantitative estimate of drug-likeness (QED) is 0.752. The monoisotopic (exact) mass is 195 g/mol. The maximum atomic E-state index is 5.93. The number of rotatable bonds is 2. The summed E-state index contributed by atoms with van der Waals surface area (Å²) in [5, 5.41) is 0. The third-order valence-corrected chi connectivity index (χ3v) is 2.79. The Bertz CT molecular complexity index is 332. The number of imidazole rings is 1. The van der Waals surface area contributed by atoms with Crippen molar-refractivity contribution in [2.24, 2.45) is 5.73 Å². The molecular weight excluding hydrogens is 178 g/mol. The van der Waals surface area contributed by atoms with Crippen LogP contribution < -0.4 is 5.73 Å². The minimum Gasteiger partial charge on any atom is -0.378 e. The Balaban J connectivity index is 2.35. The van der Waals surface area contributed by atoms with Gasteiger partial charge in [0, 0.05) is 26.1 Å².